The summed E-state index contributed by atoms with van der Waals surface area (Å²) in [5.41, 5.74) is 3.38. The Bertz CT molecular complexity index is 1380. The first kappa shape index (κ1) is 25.1. The normalized spacial score (nSPS) is 11.4. The van der Waals surface area contributed by atoms with Crippen molar-refractivity contribution >= 4 is 40.0 Å². The maximum absolute atomic E-state index is 12.6. The molecule has 35 heavy (non-hydrogen) atoms. The van der Waals surface area contributed by atoms with Crippen LogP contribution in [0.3, 0.4) is 0 Å². The average Bonchev–Trinajstić information content (AvgIpc) is 3.19. The Kier molecular flexibility index (Phi) is 7.67. The fourth-order valence-electron chi connectivity index (χ4n) is 4.08. The van der Waals surface area contributed by atoms with Crippen LogP contribution in [0.25, 0.3) is 10.8 Å². The van der Waals surface area contributed by atoms with Crippen LogP contribution in [0.2, 0.25) is 5.02 Å². The lowest BCUT2D eigenvalue weighted by atomic mass is 9.96. The second-order valence-electron chi connectivity index (χ2n) is 8.89. The Morgan fingerprint density at radius 3 is 2.69 bits per heavy atom. The Morgan fingerprint density at radius 1 is 1.17 bits per heavy atom. The van der Waals surface area contributed by atoms with E-state index >= 15 is 0 Å². The molecule has 0 atom stereocenters. The van der Waals surface area contributed by atoms with Crippen molar-refractivity contribution < 1.29 is 9.90 Å². The minimum Gasteiger partial charge on any atom is -0.507 e. The van der Waals surface area contributed by atoms with Crippen LogP contribution in [0.5, 0.6) is 5.75 Å². The summed E-state index contributed by atoms with van der Waals surface area (Å²) < 4.78 is 1.93. The first-order chi connectivity index (χ1) is 16.8. The zero-order valence-corrected chi connectivity index (χ0v) is 21.9. The van der Waals surface area contributed by atoms with Crippen LogP contribution < -0.4 is 5.32 Å². The van der Waals surface area contributed by atoms with Crippen molar-refractivity contribution in [2.45, 2.75) is 44.8 Å². The van der Waals surface area contributed by atoms with E-state index in [4.69, 9.17) is 11.6 Å². The van der Waals surface area contributed by atoms with Crippen LogP contribution in [0.15, 0.2) is 53.7 Å². The first-order valence-corrected chi connectivity index (χ1v) is 12.9. The van der Waals surface area contributed by atoms with Crippen molar-refractivity contribution in [1.29, 1.82) is 0 Å². The Morgan fingerprint density at radius 2 is 1.91 bits per heavy atom. The molecule has 182 valence electrons. The average molecular weight is 509 g/mol. The number of rotatable bonds is 8. The van der Waals surface area contributed by atoms with Gasteiger partial charge in [0.1, 0.15) is 11.6 Å². The van der Waals surface area contributed by atoms with Gasteiger partial charge < -0.3 is 15.0 Å². The predicted molar refractivity (Wildman–Crippen MR) is 142 cm³/mol. The van der Waals surface area contributed by atoms with Gasteiger partial charge in [0.15, 0.2) is 5.16 Å². The highest BCUT2D eigenvalue weighted by molar-refractivity contribution is 7.99. The third kappa shape index (κ3) is 5.46. The summed E-state index contributed by atoms with van der Waals surface area (Å²) in [4.78, 5) is 12.6. The lowest BCUT2D eigenvalue weighted by Crippen LogP contribution is -2.25. The van der Waals surface area contributed by atoms with Gasteiger partial charge in [0.2, 0.25) is 5.91 Å². The minimum absolute atomic E-state index is 0.122. The van der Waals surface area contributed by atoms with Crippen LogP contribution in [0.4, 0.5) is 0 Å². The molecule has 1 amide bonds. The lowest BCUT2D eigenvalue weighted by Gasteiger charge is -2.17. The summed E-state index contributed by atoms with van der Waals surface area (Å²) in [6.45, 7) is 6.05. The summed E-state index contributed by atoms with van der Waals surface area (Å²) in [5, 5.41) is 25.9. The van der Waals surface area contributed by atoms with E-state index in [1.54, 1.807) is 6.07 Å². The molecule has 0 unspecified atom stereocenters. The largest absolute Gasteiger partial charge is 0.507 e. The van der Waals surface area contributed by atoms with Crippen LogP contribution in [-0.4, -0.2) is 31.5 Å². The zero-order chi connectivity index (χ0) is 25.1. The van der Waals surface area contributed by atoms with Crippen molar-refractivity contribution in [2.24, 2.45) is 7.05 Å². The summed E-state index contributed by atoms with van der Waals surface area (Å²) >= 11 is 7.69. The van der Waals surface area contributed by atoms with Gasteiger partial charge in [0.25, 0.3) is 0 Å². The number of phenolic OH excluding ortho intramolecular Hbond substituents is 1. The van der Waals surface area contributed by atoms with Crippen molar-refractivity contribution in [3.8, 4) is 5.75 Å². The van der Waals surface area contributed by atoms with Gasteiger partial charge >= 0.3 is 0 Å². The Balaban J connectivity index is 1.39. The molecule has 1 heterocycles. The summed E-state index contributed by atoms with van der Waals surface area (Å²) in [7, 11) is 1.92. The molecule has 4 rings (SSSR count). The van der Waals surface area contributed by atoms with Gasteiger partial charge in [-0.15, -0.1) is 10.2 Å². The van der Waals surface area contributed by atoms with E-state index in [0.29, 0.717) is 22.2 Å². The molecule has 4 aromatic rings. The second kappa shape index (κ2) is 10.7. The van der Waals surface area contributed by atoms with Crippen LogP contribution in [-0.2, 0) is 24.8 Å². The minimum atomic E-state index is -0.154. The van der Waals surface area contributed by atoms with Gasteiger partial charge in [-0.05, 0) is 46.4 Å². The van der Waals surface area contributed by atoms with Gasteiger partial charge in [0.05, 0.1) is 5.75 Å². The number of amides is 1. The number of thioether (sulfide) groups is 1. The zero-order valence-electron chi connectivity index (χ0n) is 20.3. The number of benzene rings is 3. The van der Waals surface area contributed by atoms with Crippen LogP contribution >= 0.6 is 23.4 Å². The molecule has 6 nitrogen and oxygen atoms in total. The molecule has 0 fully saturated rings. The van der Waals surface area contributed by atoms with E-state index in [1.807, 2.05) is 44.5 Å². The van der Waals surface area contributed by atoms with Gasteiger partial charge in [-0.3, -0.25) is 4.79 Å². The number of halogens is 1. The fraction of sp³-hybridized carbons (Fsp3) is 0.296. The molecular weight excluding hydrogens is 480 g/mol. The van der Waals surface area contributed by atoms with Crippen molar-refractivity contribution in [3.05, 3.63) is 81.6 Å². The van der Waals surface area contributed by atoms with Gasteiger partial charge in [0, 0.05) is 30.6 Å². The molecule has 0 saturated heterocycles. The molecule has 3 aromatic carbocycles. The fourth-order valence-corrected chi connectivity index (χ4v) is 5.07. The van der Waals surface area contributed by atoms with Crippen molar-refractivity contribution in [1.82, 2.24) is 20.1 Å². The SMILES string of the molecule is Cc1c(Cl)cc(C(C)C)c(O)c1CNC(=O)CSc1nnc(Cc2cccc3ccccc23)n1C. The highest BCUT2D eigenvalue weighted by atomic mass is 35.5. The molecule has 2 N–H and O–H groups in total. The molecule has 0 aliphatic carbocycles. The standard InChI is InChI=1S/C27H29ClN4O2S/c1-16(2)21-13-23(28)17(3)22(26(21)34)14-29-25(33)15-35-27-31-30-24(32(27)4)12-19-10-7-9-18-8-5-6-11-20(18)19/h5-11,13,16,34H,12,14-15H2,1-4H3,(H,29,33). The smallest absolute Gasteiger partial charge is 0.230 e. The van der Waals surface area contributed by atoms with E-state index in [9.17, 15) is 9.90 Å². The van der Waals surface area contributed by atoms with E-state index in [1.165, 1.54) is 28.1 Å². The van der Waals surface area contributed by atoms with E-state index < -0.39 is 0 Å². The van der Waals surface area contributed by atoms with E-state index in [2.05, 4.69) is 45.8 Å². The number of carbonyl (C=O) groups is 1. The molecule has 1 aromatic heterocycles. The highest BCUT2D eigenvalue weighted by Crippen LogP contribution is 2.35. The Hall–Kier alpha value is -3.03. The third-order valence-electron chi connectivity index (χ3n) is 6.22. The van der Waals surface area contributed by atoms with Crippen LogP contribution in [0, 0.1) is 6.92 Å². The van der Waals surface area contributed by atoms with E-state index in [-0.39, 0.29) is 29.9 Å². The number of phenols is 1. The van der Waals surface area contributed by atoms with Gasteiger partial charge in [-0.2, -0.15) is 0 Å². The summed E-state index contributed by atoms with van der Waals surface area (Å²) in [5.74, 6) is 1.19. The molecule has 8 heteroatoms. The van der Waals surface area contributed by atoms with Crippen molar-refractivity contribution in [2.75, 3.05) is 5.75 Å². The molecule has 0 spiro atoms. The second-order valence-corrected chi connectivity index (χ2v) is 10.2. The maximum atomic E-state index is 12.6. The molecule has 0 aliphatic heterocycles. The van der Waals surface area contributed by atoms with Gasteiger partial charge in [-0.1, -0.05) is 79.7 Å². The quantitative estimate of drug-likeness (QED) is 0.296. The predicted octanol–water partition coefficient (Wildman–Crippen LogP) is 5.76. The highest BCUT2D eigenvalue weighted by Gasteiger charge is 2.18. The molecule has 0 bridgehead atoms. The van der Waals surface area contributed by atoms with Gasteiger partial charge in [-0.25, -0.2) is 0 Å². The number of hydrogen-bond acceptors (Lipinski definition) is 5. The third-order valence-corrected chi connectivity index (χ3v) is 7.64. The number of carbonyl (C=O) groups excluding carboxylic acids is 1. The lowest BCUT2D eigenvalue weighted by molar-refractivity contribution is -0.118. The molecule has 0 radical (unpaired) electrons. The maximum Gasteiger partial charge on any atom is 0.230 e. The number of aromatic nitrogens is 3. The van der Waals surface area contributed by atoms with Crippen LogP contribution in [0.1, 0.15) is 47.8 Å². The number of nitrogens with zero attached hydrogens (tertiary/aromatic N) is 3. The molecule has 0 saturated carbocycles. The number of nitrogens with one attached hydrogen (secondary N) is 1. The number of aromatic hydroxyl groups is 1. The van der Waals surface area contributed by atoms with E-state index in [0.717, 1.165) is 17.0 Å². The topological polar surface area (TPSA) is 80.0 Å². The molecular formula is C27H29ClN4O2S. The summed E-state index contributed by atoms with van der Waals surface area (Å²) in [6, 6.07) is 16.3. The Labute approximate surface area is 214 Å². The number of fused-ring (bicyclic) bond motifs is 1. The monoisotopic (exact) mass is 508 g/mol. The first-order valence-electron chi connectivity index (χ1n) is 11.5. The molecule has 0 aliphatic rings. The van der Waals surface area contributed by atoms with Crippen molar-refractivity contribution in [3.63, 3.8) is 0 Å². The number of hydrogen-bond donors (Lipinski definition) is 2. The summed E-state index contributed by atoms with van der Waals surface area (Å²) in [6.07, 6.45) is 0.656.